The van der Waals surface area contributed by atoms with Gasteiger partial charge in [0, 0.05) is 47.8 Å². The van der Waals surface area contributed by atoms with Crippen LogP contribution in [0.4, 0.5) is 0 Å². The van der Waals surface area contributed by atoms with Gasteiger partial charge in [0.1, 0.15) is 0 Å². The number of carboxylic acid groups (broad SMARTS) is 2. The van der Waals surface area contributed by atoms with E-state index < -0.39 is 11.9 Å². The Kier molecular flexibility index (Phi) is 43.6. The van der Waals surface area contributed by atoms with E-state index in [-0.39, 0.29) is 33.9 Å². The number of aliphatic carboxylic acids is 2. The third-order valence-corrected chi connectivity index (χ3v) is 0. The first-order valence-corrected chi connectivity index (χ1v) is 4.68. The molecule has 0 aliphatic carbocycles. The Bertz CT molecular complexity index is 127. The fourth-order valence-electron chi connectivity index (χ4n) is 0. The molecule has 17 heavy (non-hydrogen) atoms. The van der Waals surface area contributed by atoms with E-state index in [9.17, 15) is 0 Å². The molecule has 104 valence electrons. The molecule has 6 nitrogen and oxygen atoms in total. The van der Waals surface area contributed by atoms with Gasteiger partial charge >= 0.3 is 0 Å². The minimum absolute atomic E-state index is 0. The van der Waals surface area contributed by atoms with E-state index in [0.29, 0.717) is 0 Å². The van der Waals surface area contributed by atoms with Gasteiger partial charge in [-0.2, -0.15) is 0 Å². The molecule has 0 aromatic carbocycles. The maximum absolute atomic E-state index is 9.00. The number of aliphatic hydroxyl groups is 2. The van der Waals surface area contributed by atoms with Crippen molar-refractivity contribution in [3.05, 3.63) is 0 Å². The van der Waals surface area contributed by atoms with Gasteiger partial charge in [-0.3, -0.25) is 9.59 Å². The van der Waals surface area contributed by atoms with E-state index in [2.05, 4.69) is 0 Å². The summed E-state index contributed by atoms with van der Waals surface area (Å²) in [6, 6.07) is 0. The van der Waals surface area contributed by atoms with E-state index in [1.807, 2.05) is 0 Å². The van der Waals surface area contributed by atoms with Crippen molar-refractivity contribution in [2.45, 2.75) is 53.8 Å². The molecule has 0 unspecified atom stereocenters. The van der Waals surface area contributed by atoms with Gasteiger partial charge in [0.2, 0.25) is 0 Å². The van der Waals surface area contributed by atoms with Gasteiger partial charge in [-0.1, -0.05) is 0 Å². The summed E-state index contributed by atoms with van der Waals surface area (Å²) in [6.45, 7) is 9.06. The van der Waals surface area contributed by atoms with Crippen LogP contribution in [0.2, 0.25) is 0 Å². The second kappa shape index (κ2) is 24.7. The molecule has 0 aromatic heterocycles. The smallest absolute Gasteiger partial charge is 0.300 e. The van der Waals surface area contributed by atoms with Gasteiger partial charge in [-0.25, -0.2) is 0 Å². The molecule has 0 rings (SSSR count). The number of hydrogen-bond donors (Lipinski definition) is 4. The normalized spacial score (nSPS) is 7.18. The molecular formula is C10H24O6Ti. The standard InChI is InChI=1S/2C3H8O.2C2H4O2.Ti/c2*1-3(2)4;2*1-2(3)4;/h2*3-4H,1-2H3;2*1H3,(H,3,4);. The van der Waals surface area contributed by atoms with Crippen LogP contribution in [0.5, 0.6) is 0 Å². The molecule has 4 N–H and O–H groups in total. The van der Waals surface area contributed by atoms with Crippen LogP contribution in [0, 0.1) is 0 Å². The summed E-state index contributed by atoms with van der Waals surface area (Å²) in [5, 5.41) is 30.9. The second-order valence-electron chi connectivity index (χ2n) is 3.23. The number of hydrogen-bond acceptors (Lipinski definition) is 4. The van der Waals surface area contributed by atoms with E-state index in [1.165, 1.54) is 0 Å². The first-order valence-electron chi connectivity index (χ1n) is 4.68. The van der Waals surface area contributed by atoms with Crippen molar-refractivity contribution in [1.29, 1.82) is 0 Å². The van der Waals surface area contributed by atoms with Gasteiger partial charge in [0.15, 0.2) is 0 Å². The van der Waals surface area contributed by atoms with Crippen molar-refractivity contribution in [2.24, 2.45) is 0 Å². The summed E-state index contributed by atoms with van der Waals surface area (Å²) in [4.78, 5) is 18.0. The van der Waals surface area contributed by atoms with E-state index in [4.69, 9.17) is 30.0 Å². The largest absolute Gasteiger partial charge is 0.481 e. The van der Waals surface area contributed by atoms with Crippen LogP contribution in [0.25, 0.3) is 0 Å². The molecular weight excluding hydrogens is 264 g/mol. The van der Waals surface area contributed by atoms with Crippen molar-refractivity contribution in [1.82, 2.24) is 0 Å². The summed E-state index contributed by atoms with van der Waals surface area (Å²) in [7, 11) is 0. The Labute approximate surface area is 118 Å². The van der Waals surface area contributed by atoms with Crippen LogP contribution in [-0.2, 0) is 31.3 Å². The predicted octanol–water partition coefficient (Wildman–Crippen LogP) is 0.954. The predicted molar refractivity (Wildman–Crippen MR) is 61.3 cm³/mol. The van der Waals surface area contributed by atoms with Crippen LogP contribution in [0.3, 0.4) is 0 Å². The zero-order chi connectivity index (χ0) is 14.3. The Balaban J connectivity index is -0.0000000369. The fourth-order valence-corrected chi connectivity index (χ4v) is 0. The van der Waals surface area contributed by atoms with E-state index in [1.54, 1.807) is 27.7 Å². The van der Waals surface area contributed by atoms with Crippen molar-refractivity contribution in [3.8, 4) is 0 Å². The zero-order valence-electron chi connectivity index (χ0n) is 11.3. The number of carbonyl (C=O) groups is 2. The molecule has 0 spiro atoms. The van der Waals surface area contributed by atoms with Crippen molar-refractivity contribution in [2.75, 3.05) is 0 Å². The molecule has 0 saturated carbocycles. The van der Waals surface area contributed by atoms with Gasteiger partial charge in [-0.15, -0.1) is 0 Å². The molecule has 0 aliphatic rings. The first kappa shape index (κ1) is 30.0. The molecule has 0 atom stereocenters. The van der Waals surface area contributed by atoms with Gasteiger partial charge in [-0.05, 0) is 27.7 Å². The summed E-state index contributed by atoms with van der Waals surface area (Å²) in [6.07, 6.45) is -0.333. The quantitative estimate of drug-likeness (QED) is 0.493. The van der Waals surface area contributed by atoms with Crippen molar-refractivity contribution >= 4 is 11.9 Å². The molecule has 0 fully saturated rings. The Morgan fingerprint density at radius 1 is 0.765 bits per heavy atom. The maximum atomic E-state index is 9.00. The minimum Gasteiger partial charge on any atom is -0.481 e. The van der Waals surface area contributed by atoms with Crippen molar-refractivity contribution < 1.29 is 51.7 Å². The van der Waals surface area contributed by atoms with Crippen LogP contribution < -0.4 is 0 Å². The third kappa shape index (κ3) is 15800. The maximum Gasteiger partial charge on any atom is 0.300 e. The first-order chi connectivity index (χ1) is 6.93. The van der Waals surface area contributed by atoms with E-state index >= 15 is 0 Å². The van der Waals surface area contributed by atoms with Crippen LogP contribution in [0.15, 0.2) is 0 Å². The number of carboxylic acids is 2. The SMILES string of the molecule is CC(=O)O.CC(=O)O.CC(C)O.CC(C)O.[Ti]. The second-order valence-corrected chi connectivity index (χ2v) is 3.23. The Morgan fingerprint density at radius 2 is 0.765 bits per heavy atom. The van der Waals surface area contributed by atoms with Gasteiger partial charge in [0.05, 0.1) is 0 Å². The molecule has 0 radical (unpaired) electrons. The molecule has 0 saturated heterocycles. The summed E-state index contributed by atoms with van der Waals surface area (Å²) in [5.74, 6) is -1.67. The third-order valence-electron chi connectivity index (χ3n) is 0. The summed E-state index contributed by atoms with van der Waals surface area (Å²) in [5.41, 5.74) is 0. The van der Waals surface area contributed by atoms with Gasteiger partial charge < -0.3 is 20.4 Å². The molecule has 0 aromatic rings. The fraction of sp³-hybridized carbons (Fsp3) is 0.800. The van der Waals surface area contributed by atoms with Crippen LogP contribution in [-0.4, -0.2) is 44.6 Å². The average molecular weight is 288 g/mol. The van der Waals surface area contributed by atoms with Crippen LogP contribution in [0.1, 0.15) is 41.5 Å². The van der Waals surface area contributed by atoms with Crippen molar-refractivity contribution in [3.63, 3.8) is 0 Å². The summed E-state index contributed by atoms with van der Waals surface area (Å²) >= 11 is 0. The number of rotatable bonds is 0. The molecule has 0 amide bonds. The molecule has 0 bridgehead atoms. The van der Waals surface area contributed by atoms with E-state index in [0.717, 1.165) is 13.8 Å². The number of aliphatic hydroxyl groups excluding tert-OH is 2. The summed E-state index contributed by atoms with van der Waals surface area (Å²) < 4.78 is 0. The molecule has 0 heterocycles. The van der Waals surface area contributed by atoms with Gasteiger partial charge in [0.25, 0.3) is 11.9 Å². The topological polar surface area (TPSA) is 115 Å². The Hall–Kier alpha value is -0.426. The molecule has 0 aliphatic heterocycles. The monoisotopic (exact) mass is 288 g/mol. The Morgan fingerprint density at radius 3 is 0.765 bits per heavy atom. The average Bonchev–Trinajstić information content (AvgIpc) is 1.76. The molecule has 7 heteroatoms. The zero-order valence-corrected chi connectivity index (χ0v) is 12.8. The minimum atomic E-state index is -0.833. The van der Waals surface area contributed by atoms with Crippen LogP contribution >= 0.6 is 0 Å².